The van der Waals surface area contributed by atoms with Crippen LogP contribution in [0.25, 0.3) is 11.1 Å². The third-order valence-electron chi connectivity index (χ3n) is 2.95. The second kappa shape index (κ2) is 4.59. The van der Waals surface area contributed by atoms with Crippen molar-refractivity contribution in [1.82, 2.24) is 4.57 Å². The van der Waals surface area contributed by atoms with Crippen molar-refractivity contribution >= 4 is 32.7 Å². The molecule has 0 saturated carbocycles. The summed E-state index contributed by atoms with van der Waals surface area (Å²) in [7, 11) is 0. The van der Waals surface area contributed by atoms with Crippen LogP contribution in [0.4, 0.5) is 5.69 Å². The lowest BCUT2D eigenvalue weighted by molar-refractivity contribution is 0.517. The fourth-order valence-electron chi connectivity index (χ4n) is 2.11. The Morgan fingerprint density at radius 1 is 1.21 bits per heavy atom. The molecule has 0 amide bonds. The second-order valence-electron chi connectivity index (χ2n) is 4.28. The van der Waals surface area contributed by atoms with Crippen LogP contribution < -0.4 is 11.5 Å². The number of hydrogen-bond donors (Lipinski definition) is 1. The average molecular weight is 319 g/mol. The van der Waals surface area contributed by atoms with Crippen molar-refractivity contribution in [2.45, 2.75) is 6.54 Å². The number of aromatic nitrogens is 1. The van der Waals surface area contributed by atoms with Gasteiger partial charge >= 0.3 is 5.76 Å². The van der Waals surface area contributed by atoms with E-state index in [2.05, 4.69) is 15.9 Å². The van der Waals surface area contributed by atoms with Gasteiger partial charge in [-0.05, 0) is 29.8 Å². The van der Waals surface area contributed by atoms with Crippen molar-refractivity contribution in [2.24, 2.45) is 0 Å². The van der Waals surface area contributed by atoms with Gasteiger partial charge in [-0.2, -0.15) is 0 Å². The third kappa shape index (κ3) is 2.17. The predicted molar refractivity (Wildman–Crippen MR) is 78.1 cm³/mol. The molecule has 0 radical (unpaired) electrons. The number of hydrogen-bond acceptors (Lipinski definition) is 3. The Morgan fingerprint density at radius 2 is 2.00 bits per heavy atom. The number of benzene rings is 2. The first-order chi connectivity index (χ1) is 9.15. The molecule has 96 valence electrons. The Morgan fingerprint density at radius 3 is 2.79 bits per heavy atom. The van der Waals surface area contributed by atoms with Crippen LogP contribution >= 0.6 is 15.9 Å². The minimum absolute atomic E-state index is 0.395. The van der Waals surface area contributed by atoms with Gasteiger partial charge < -0.3 is 10.2 Å². The zero-order valence-corrected chi connectivity index (χ0v) is 11.6. The van der Waals surface area contributed by atoms with Gasteiger partial charge in [-0.1, -0.05) is 34.1 Å². The first-order valence-electron chi connectivity index (χ1n) is 5.77. The summed E-state index contributed by atoms with van der Waals surface area (Å²) in [6.45, 7) is 0.430. The van der Waals surface area contributed by atoms with Crippen LogP contribution in [-0.4, -0.2) is 4.57 Å². The molecule has 19 heavy (non-hydrogen) atoms. The molecule has 2 N–H and O–H groups in total. The molecule has 2 aromatic carbocycles. The number of rotatable bonds is 2. The first-order valence-corrected chi connectivity index (χ1v) is 6.57. The van der Waals surface area contributed by atoms with Gasteiger partial charge in [-0.3, -0.25) is 4.57 Å². The van der Waals surface area contributed by atoms with Crippen LogP contribution in [0.1, 0.15) is 5.56 Å². The van der Waals surface area contributed by atoms with Gasteiger partial charge in [0.25, 0.3) is 0 Å². The van der Waals surface area contributed by atoms with Crippen molar-refractivity contribution in [3.05, 3.63) is 63.1 Å². The number of para-hydroxylation sites is 1. The quantitative estimate of drug-likeness (QED) is 0.739. The summed E-state index contributed by atoms with van der Waals surface area (Å²) >= 11 is 3.41. The molecule has 1 heterocycles. The molecule has 5 heteroatoms. The van der Waals surface area contributed by atoms with E-state index in [0.29, 0.717) is 23.3 Å². The fourth-order valence-corrected chi connectivity index (χ4v) is 2.56. The van der Waals surface area contributed by atoms with E-state index in [-0.39, 0.29) is 0 Å². The summed E-state index contributed by atoms with van der Waals surface area (Å²) in [5.74, 6) is -0.395. The Bertz CT molecular complexity index is 805. The standard InChI is InChI=1S/C14H11BrN2O2/c15-10-4-1-3-9(7-10)8-17-13-11(16)5-2-6-12(13)19-14(17)18/h1-7H,8,16H2. The number of fused-ring (bicyclic) bond motifs is 1. The zero-order valence-electron chi connectivity index (χ0n) is 9.97. The number of anilines is 1. The van der Waals surface area contributed by atoms with Crippen LogP contribution in [0.15, 0.2) is 56.1 Å². The topological polar surface area (TPSA) is 61.2 Å². The highest BCUT2D eigenvalue weighted by Gasteiger charge is 2.12. The fraction of sp³-hybridized carbons (Fsp3) is 0.0714. The normalized spacial score (nSPS) is 11.0. The van der Waals surface area contributed by atoms with Crippen molar-refractivity contribution < 1.29 is 4.42 Å². The summed E-state index contributed by atoms with van der Waals surface area (Å²) in [5.41, 5.74) is 8.63. The molecule has 0 fully saturated rings. The van der Waals surface area contributed by atoms with E-state index >= 15 is 0 Å². The van der Waals surface area contributed by atoms with Gasteiger partial charge in [0.15, 0.2) is 5.58 Å². The van der Waals surface area contributed by atoms with E-state index in [4.69, 9.17) is 10.2 Å². The Hall–Kier alpha value is -2.01. The van der Waals surface area contributed by atoms with E-state index in [1.165, 1.54) is 0 Å². The molecule has 0 atom stereocenters. The molecule has 0 aliphatic carbocycles. The second-order valence-corrected chi connectivity index (χ2v) is 5.19. The highest BCUT2D eigenvalue weighted by Crippen LogP contribution is 2.21. The molecule has 3 rings (SSSR count). The molecule has 0 bridgehead atoms. The number of halogens is 1. The van der Waals surface area contributed by atoms with Gasteiger partial charge in [0, 0.05) is 4.47 Å². The minimum Gasteiger partial charge on any atom is -0.408 e. The smallest absolute Gasteiger partial charge is 0.408 e. The van der Waals surface area contributed by atoms with Crippen LogP contribution in [0.5, 0.6) is 0 Å². The molecule has 0 spiro atoms. The van der Waals surface area contributed by atoms with E-state index in [9.17, 15) is 4.79 Å². The van der Waals surface area contributed by atoms with Crippen LogP contribution in [-0.2, 0) is 6.54 Å². The summed E-state index contributed by atoms with van der Waals surface area (Å²) in [6, 6.07) is 13.0. The first kappa shape index (κ1) is 12.0. The molecular weight excluding hydrogens is 308 g/mol. The van der Waals surface area contributed by atoms with Crippen molar-refractivity contribution in [1.29, 1.82) is 0 Å². The lowest BCUT2D eigenvalue weighted by Gasteiger charge is -2.04. The van der Waals surface area contributed by atoms with E-state index < -0.39 is 5.76 Å². The Labute approximate surface area is 117 Å². The summed E-state index contributed by atoms with van der Waals surface area (Å²) in [5, 5.41) is 0. The lowest BCUT2D eigenvalue weighted by atomic mass is 10.2. The summed E-state index contributed by atoms with van der Waals surface area (Å²) < 4.78 is 7.72. The molecule has 0 saturated heterocycles. The number of nitrogens with zero attached hydrogens (tertiary/aromatic N) is 1. The highest BCUT2D eigenvalue weighted by molar-refractivity contribution is 9.10. The molecule has 0 aliphatic heterocycles. The Balaban J connectivity index is 2.15. The Kier molecular flexibility index (Phi) is 2.91. The van der Waals surface area contributed by atoms with Crippen LogP contribution in [0, 0.1) is 0 Å². The van der Waals surface area contributed by atoms with E-state index in [0.717, 1.165) is 10.0 Å². The number of oxazole rings is 1. The predicted octanol–water partition coefficient (Wildman–Crippen LogP) is 2.99. The molecule has 1 aromatic heterocycles. The van der Waals surface area contributed by atoms with Crippen molar-refractivity contribution in [3.63, 3.8) is 0 Å². The van der Waals surface area contributed by atoms with Gasteiger partial charge in [-0.15, -0.1) is 0 Å². The number of nitrogen functional groups attached to an aromatic ring is 1. The lowest BCUT2D eigenvalue weighted by Crippen LogP contribution is -2.15. The summed E-state index contributed by atoms with van der Waals surface area (Å²) in [4.78, 5) is 11.9. The van der Waals surface area contributed by atoms with Crippen LogP contribution in [0.2, 0.25) is 0 Å². The SMILES string of the molecule is Nc1cccc2oc(=O)n(Cc3cccc(Br)c3)c12. The van der Waals surface area contributed by atoms with Crippen LogP contribution in [0.3, 0.4) is 0 Å². The van der Waals surface area contributed by atoms with Gasteiger partial charge in [0.2, 0.25) is 0 Å². The zero-order chi connectivity index (χ0) is 13.4. The minimum atomic E-state index is -0.395. The molecule has 4 nitrogen and oxygen atoms in total. The maximum atomic E-state index is 11.9. The average Bonchev–Trinajstić information content (AvgIpc) is 2.67. The van der Waals surface area contributed by atoms with Crippen molar-refractivity contribution in [3.8, 4) is 0 Å². The maximum absolute atomic E-state index is 11.9. The van der Waals surface area contributed by atoms with E-state index in [1.54, 1.807) is 22.8 Å². The largest absolute Gasteiger partial charge is 0.420 e. The van der Waals surface area contributed by atoms with Gasteiger partial charge in [0.1, 0.15) is 5.52 Å². The summed E-state index contributed by atoms with van der Waals surface area (Å²) in [6.07, 6.45) is 0. The van der Waals surface area contributed by atoms with E-state index in [1.807, 2.05) is 24.3 Å². The van der Waals surface area contributed by atoms with Gasteiger partial charge in [-0.25, -0.2) is 4.79 Å². The maximum Gasteiger partial charge on any atom is 0.420 e. The third-order valence-corrected chi connectivity index (χ3v) is 3.44. The monoisotopic (exact) mass is 318 g/mol. The molecule has 0 aliphatic rings. The molecule has 0 unspecified atom stereocenters. The molecule has 3 aromatic rings. The highest BCUT2D eigenvalue weighted by atomic mass is 79.9. The van der Waals surface area contributed by atoms with Crippen molar-refractivity contribution in [2.75, 3.05) is 5.73 Å². The molecular formula is C14H11BrN2O2. The van der Waals surface area contributed by atoms with Gasteiger partial charge in [0.05, 0.1) is 12.2 Å². The number of nitrogens with two attached hydrogens (primary N) is 1.